The van der Waals surface area contributed by atoms with E-state index in [0.29, 0.717) is 0 Å². The second-order valence-corrected chi connectivity index (χ2v) is 5.67. The van der Waals surface area contributed by atoms with E-state index in [1.165, 1.54) is 0 Å². The molecule has 3 heterocycles. The van der Waals surface area contributed by atoms with Gasteiger partial charge in [-0.15, -0.1) is 0 Å². The topological polar surface area (TPSA) is 42.7 Å². The average molecular weight is 298 g/mol. The zero-order chi connectivity index (χ0) is 15.2. The standard InChI is InChI=1S/C19H14N4/c1-2-8-15-14(7-1)19-22-16-9-3-4-10-17(16)23(19)18(21-15)13-6-5-11-20-12-13/h1-12,18,21H/t18-/m1/s1. The molecule has 4 heteroatoms. The summed E-state index contributed by atoms with van der Waals surface area (Å²) < 4.78 is 2.26. The number of aromatic nitrogens is 3. The Bertz CT molecular complexity index is 1000. The van der Waals surface area contributed by atoms with Gasteiger partial charge in [-0.25, -0.2) is 4.98 Å². The highest BCUT2D eigenvalue weighted by atomic mass is 15.2. The van der Waals surface area contributed by atoms with Crippen LogP contribution in [-0.4, -0.2) is 14.5 Å². The molecule has 0 amide bonds. The van der Waals surface area contributed by atoms with Crippen LogP contribution in [0, 0.1) is 0 Å². The first-order valence-electron chi connectivity index (χ1n) is 7.65. The molecule has 23 heavy (non-hydrogen) atoms. The molecular formula is C19H14N4. The van der Waals surface area contributed by atoms with Crippen LogP contribution in [0.4, 0.5) is 5.69 Å². The first-order chi connectivity index (χ1) is 11.4. The van der Waals surface area contributed by atoms with Crippen molar-refractivity contribution in [2.75, 3.05) is 5.32 Å². The van der Waals surface area contributed by atoms with Crippen molar-refractivity contribution in [3.8, 4) is 11.4 Å². The number of pyridine rings is 1. The van der Waals surface area contributed by atoms with E-state index in [1.807, 2.05) is 24.4 Å². The van der Waals surface area contributed by atoms with E-state index in [-0.39, 0.29) is 6.17 Å². The molecule has 1 aliphatic rings. The van der Waals surface area contributed by atoms with E-state index in [1.54, 1.807) is 6.20 Å². The molecule has 1 N–H and O–H groups in total. The summed E-state index contributed by atoms with van der Waals surface area (Å²) in [6.07, 6.45) is 3.69. The second kappa shape index (κ2) is 4.68. The number of anilines is 1. The Morgan fingerprint density at radius 1 is 0.913 bits per heavy atom. The SMILES string of the molecule is c1cncc([C@@H]2Nc3ccccc3-c3nc4ccccc4n32)c1. The number of hydrogen-bond acceptors (Lipinski definition) is 3. The molecule has 2 aromatic heterocycles. The van der Waals surface area contributed by atoms with Crippen molar-refractivity contribution in [1.29, 1.82) is 0 Å². The molecule has 0 saturated heterocycles. The minimum absolute atomic E-state index is 0.0130. The van der Waals surface area contributed by atoms with Crippen molar-refractivity contribution in [3.05, 3.63) is 78.6 Å². The van der Waals surface area contributed by atoms with E-state index in [9.17, 15) is 0 Å². The van der Waals surface area contributed by atoms with Crippen LogP contribution in [0.25, 0.3) is 22.4 Å². The average Bonchev–Trinajstić information content (AvgIpc) is 3.02. The smallest absolute Gasteiger partial charge is 0.145 e. The number of hydrogen-bond donors (Lipinski definition) is 1. The molecular weight excluding hydrogens is 284 g/mol. The molecule has 1 aliphatic heterocycles. The van der Waals surface area contributed by atoms with Gasteiger partial charge in [0.25, 0.3) is 0 Å². The van der Waals surface area contributed by atoms with Crippen molar-refractivity contribution >= 4 is 16.7 Å². The molecule has 0 radical (unpaired) electrons. The number of para-hydroxylation sites is 3. The van der Waals surface area contributed by atoms with E-state index in [0.717, 1.165) is 33.7 Å². The fraction of sp³-hybridized carbons (Fsp3) is 0.0526. The van der Waals surface area contributed by atoms with Crippen molar-refractivity contribution < 1.29 is 0 Å². The predicted molar refractivity (Wildman–Crippen MR) is 91.2 cm³/mol. The summed E-state index contributed by atoms with van der Waals surface area (Å²) in [6, 6.07) is 20.6. The third kappa shape index (κ3) is 1.78. The first kappa shape index (κ1) is 12.4. The molecule has 5 rings (SSSR count). The van der Waals surface area contributed by atoms with Gasteiger partial charge in [-0.1, -0.05) is 30.3 Å². The largest absolute Gasteiger partial charge is 0.360 e. The monoisotopic (exact) mass is 298 g/mol. The Hall–Kier alpha value is -3.14. The highest BCUT2D eigenvalue weighted by Crippen LogP contribution is 2.40. The fourth-order valence-corrected chi connectivity index (χ4v) is 3.28. The van der Waals surface area contributed by atoms with Crippen LogP contribution in [0.2, 0.25) is 0 Å². The van der Waals surface area contributed by atoms with Crippen molar-refractivity contribution in [3.63, 3.8) is 0 Å². The van der Waals surface area contributed by atoms with Gasteiger partial charge in [-0.05, 0) is 30.3 Å². The molecule has 0 fully saturated rings. The van der Waals surface area contributed by atoms with Crippen LogP contribution >= 0.6 is 0 Å². The fourth-order valence-electron chi connectivity index (χ4n) is 3.28. The highest BCUT2D eigenvalue weighted by molar-refractivity contribution is 5.86. The molecule has 0 aliphatic carbocycles. The molecule has 0 saturated carbocycles. The lowest BCUT2D eigenvalue weighted by atomic mass is 10.1. The van der Waals surface area contributed by atoms with Gasteiger partial charge in [0, 0.05) is 29.2 Å². The maximum Gasteiger partial charge on any atom is 0.145 e. The molecule has 0 unspecified atom stereocenters. The summed E-state index contributed by atoms with van der Waals surface area (Å²) in [6.45, 7) is 0. The predicted octanol–water partition coefficient (Wildman–Crippen LogP) is 4.07. The molecule has 2 aromatic carbocycles. The molecule has 1 atom stereocenters. The van der Waals surface area contributed by atoms with Gasteiger partial charge in [0.2, 0.25) is 0 Å². The Kier molecular flexibility index (Phi) is 2.52. The van der Waals surface area contributed by atoms with Crippen molar-refractivity contribution in [2.45, 2.75) is 6.17 Å². The zero-order valence-electron chi connectivity index (χ0n) is 12.3. The summed E-state index contributed by atoms with van der Waals surface area (Å²) >= 11 is 0. The molecule has 110 valence electrons. The van der Waals surface area contributed by atoms with Crippen LogP contribution in [0.3, 0.4) is 0 Å². The third-order valence-corrected chi connectivity index (χ3v) is 4.31. The summed E-state index contributed by atoms with van der Waals surface area (Å²) in [4.78, 5) is 9.15. The zero-order valence-corrected chi connectivity index (χ0v) is 12.3. The second-order valence-electron chi connectivity index (χ2n) is 5.67. The lowest BCUT2D eigenvalue weighted by Crippen LogP contribution is -2.24. The summed E-state index contributed by atoms with van der Waals surface area (Å²) in [5.74, 6) is 0.995. The van der Waals surface area contributed by atoms with E-state index in [2.05, 4.69) is 57.3 Å². The van der Waals surface area contributed by atoms with E-state index >= 15 is 0 Å². The van der Waals surface area contributed by atoms with Gasteiger partial charge in [0.15, 0.2) is 0 Å². The van der Waals surface area contributed by atoms with Gasteiger partial charge >= 0.3 is 0 Å². The maximum atomic E-state index is 4.87. The van der Waals surface area contributed by atoms with Crippen LogP contribution in [-0.2, 0) is 0 Å². The normalized spacial score (nSPS) is 15.7. The van der Waals surface area contributed by atoms with Gasteiger partial charge in [-0.3, -0.25) is 9.55 Å². The lowest BCUT2D eigenvalue weighted by molar-refractivity contribution is 0.666. The Balaban J connectivity index is 1.85. The van der Waals surface area contributed by atoms with E-state index in [4.69, 9.17) is 4.98 Å². The van der Waals surface area contributed by atoms with Gasteiger partial charge in [0.1, 0.15) is 12.0 Å². The Morgan fingerprint density at radius 3 is 2.70 bits per heavy atom. The van der Waals surface area contributed by atoms with Crippen LogP contribution < -0.4 is 5.32 Å². The number of nitrogens with zero attached hydrogens (tertiary/aromatic N) is 3. The van der Waals surface area contributed by atoms with E-state index < -0.39 is 0 Å². The molecule has 4 aromatic rings. The van der Waals surface area contributed by atoms with Crippen LogP contribution in [0.15, 0.2) is 73.1 Å². The summed E-state index contributed by atoms with van der Waals surface area (Å²) in [5.41, 5.74) is 5.48. The number of fused-ring (bicyclic) bond motifs is 5. The summed E-state index contributed by atoms with van der Waals surface area (Å²) in [7, 11) is 0. The number of nitrogens with one attached hydrogen (secondary N) is 1. The lowest BCUT2D eigenvalue weighted by Gasteiger charge is -2.30. The van der Waals surface area contributed by atoms with Gasteiger partial charge in [-0.2, -0.15) is 0 Å². The van der Waals surface area contributed by atoms with Crippen molar-refractivity contribution in [2.24, 2.45) is 0 Å². The Morgan fingerprint density at radius 2 is 1.78 bits per heavy atom. The molecule has 0 bridgehead atoms. The summed E-state index contributed by atoms with van der Waals surface area (Å²) in [5, 5.41) is 3.63. The minimum Gasteiger partial charge on any atom is -0.360 e. The van der Waals surface area contributed by atoms with Crippen LogP contribution in [0.1, 0.15) is 11.7 Å². The van der Waals surface area contributed by atoms with Crippen LogP contribution in [0.5, 0.6) is 0 Å². The minimum atomic E-state index is -0.0130. The molecule has 0 spiro atoms. The number of rotatable bonds is 1. The Labute approximate surface area is 133 Å². The molecule has 4 nitrogen and oxygen atoms in total. The van der Waals surface area contributed by atoms with Gasteiger partial charge in [0.05, 0.1) is 11.0 Å². The van der Waals surface area contributed by atoms with Crippen molar-refractivity contribution in [1.82, 2.24) is 14.5 Å². The highest BCUT2D eigenvalue weighted by Gasteiger charge is 2.27. The number of imidazole rings is 1. The quantitative estimate of drug-likeness (QED) is 0.576. The van der Waals surface area contributed by atoms with Gasteiger partial charge < -0.3 is 5.32 Å². The maximum absolute atomic E-state index is 4.87. The first-order valence-corrected chi connectivity index (χ1v) is 7.65. The number of benzene rings is 2. The third-order valence-electron chi connectivity index (χ3n) is 4.31.